The first-order chi connectivity index (χ1) is 20.8. The molecule has 0 radical (unpaired) electrons. The van der Waals surface area contributed by atoms with E-state index in [1.54, 1.807) is 54.2 Å². The summed E-state index contributed by atoms with van der Waals surface area (Å²) in [5.74, 6) is -0.468. The zero-order chi connectivity index (χ0) is 30.6. The van der Waals surface area contributed by atoms with Crippen molar-refractivity contribution in [2.45, 2.75) is 76.5 Å². The predicted molar refractivity (Wildman–Crippen MR) is 165 cm³/mol. The highest BCUT2D eigenvalue weighted by Gasteiger charge is 2.52. The normalized spacial score (nSPS) is 23.4. The number of carbonyl (C=O) groups excluding carboxylic acids is 3. The van der Waals surface area contributed by atoms with Gasteiger partial charge in [0.2, 0.25) is 11.8 Å². The van der Waals surface area contributed by atoms with Crippen LogP contribution >= 0.6 is 0 Å². The van der Waals surface area contributed by atoms with Crippen molar-refractivity contribution in [2.24, 2.45) is 5.92 Å². The van der Waals surface area contributed by atoms with Gasteiger partial charge in [-0.2, -0.15) is 0 Å². The summed E-state index contributed by atoms with van der Waals surface area (Å²) in [7, 11) is 1.54. The quantitative estimate of drug-likeness (QED) is 0.423. The van der Waals surface area contributed by atoms with Crippen molar-refractivity contribution in [2.75, 3.05) is 36.6 Å². The van der Waals surface area contributed by atoms with Gasteiger partial charge in [-0.05, 0) is 61.6 Å². The second kappa shape index (κ2) is 13.3. The Morgan fingerprint density at radius 2 is 1.84 bits per heavy atom. The summed E-state index contributed by atoms with van der Waals surface area (Å²) in [5, 5.41) is 21.6. The van der Waals surface area contributed by atoms with Crippen molar-refractivity contribution >= 4 is 29.1 Å². The predicted octanol–water partition coefficient (Wildman–Crippen LogP) is 4.29. The van der Waals surface area contributed by atoms with Gasteiger partial charge < -0.3 is 29.6 Å². The number of nitrogens with zero attached hydrogens (tertiary/aromatic N) is 3. The summed E-state index contributed by atoms with van der Waals surface area (Å²) >= 11 is 0. The first kappa shape index (κ1) is 30.8. The van der Waals surface area contributed by atoms with E-state index in [9.17, 15) is 24.6 Å². The molecule has 2 saturated heterocycles. The highest BCUT2D eigenvalue weighted by Crippen LogP contribution is 2.47. The number of aliphatic hydroxyl groups excluding tert-OH is 1. The van der Waals surface area contributed by atoms with Crippen LogP contribution in [0.3, 0.4) is 0 Å². The maximum Gasteiger partial charge on any atom is 0.264 e. The Balaban J connectivity index is 1.34. The number of ether oxygens (including phenoxy) is 1. The summed E-state index contributed by atoms with van der Waals surface area (Å²) in [6.45, 7) is 3.32. The van der Waals surface area contributed by atoms with Crippen molar-refractivity contribution < 1.29 is 29.3 Å². The first-order valence-corrected chi connectivity index (χ1v) is 15.5. The molecule has 0 bridgehead atoms. The van der Waals surface area contributed by atoms with Crippen LogP contribution in [-0.2, 0) is 26.5 Å². The zero-order valence-corrected chi connectivity index (χ0v) is 25.2. The van der Waals surface area contributed by atoms with E-state index in [-0.39, 0.29) is 37.4 Å². The number of hydrogen-bond acceptors (Lipinski definition) is 6. The molecular formula is C34H43N3O6. The van der Waals surface area contributed by atoms with Gasteiger partial charge in [0.1, 0.15) is 5.75 Å². The second-order valence-corrected chi connectivity index (χ2v) is 11.9. The lowest BCUT2D eigenvalue weighted by molar-refractivity contribution is -0.139. The SMILES string of the molecule is COc1ccc2c(c1)[C@](O)([C@@H](C)/C=C/CC(=O)N1CCC[C@H]1CO)C(=O)N2Cc1ccc(N2CCCCCCC2=O)cc1. The molecule has 0 spiro atoms. The summed E-state index contributed by atoms with van der Waals surface area (Å²) < 4.78 is 5.43. The maximum absolute atomic E-state index is 14.0. The average Bonchev–Trinajstić information content (AvgIpc) is 3.57. The van der Waals surface area contributed by atoms with Crippen molar-refractivity contribution in [3.05, 3.63) is 65.7 Å². The largest absolute Gasteiger partial charge is 0.497 e. The van der Waals surface area contributed by atoms with Gasteiger partial charge in [0.15, 0.2) is 5.60 Å². The Bertz CT molecular complexity index is 1360. The third-order valence-corrected chi connectivity index (χ3v) is 9.17. The fourth-order valence-corrected chi connectivity index (χ4v) is 6.59. The molecule has 43 heavy (non-hydrogen) atoms. The Labute approximate surface area is 253 Å². The minimum absolute atomic E-state index is 0.0479. The molecule has 0 aromatic heterocycles. The molecule has 9 nitrogen and oxygen atoms in total. The third-order valence-electron chi connectivity index (χ3n) is 9.17. The number of carbonyl (C=O) groups is 3. The number of fused-ring (bicyclic) bond motifs is 1. The molecule has 5 rings (SSSR count). The molecule has 2 aromatic rings. The van der Waals surface area contributed by atoms with E-state index in [2.05, 4.69) is 0 Å². The van der Waals surface area contributed by atoms with Crippen LogP contribution in [0.5, 0.6) is 5.75 Å². The Morgan fingerprint density at radius 1 is 1.07 bits per heavy atom. The van der Waals surface area contributed by atoms with Gasteiger partial charge in [-0.3, -0.25) is 14.4 Å². The monoisotopic (exact) mass is 589 g/mol. The molecular weight excluding hydrogens is 546 g/mol. The molecule has 3 amide bonds. The number of anilines is 2. The number of likely N-dealkylation sites (tertiary alicyclic amines) is 1. The van der Waals surface area contributed by atoms with Crippen LogP contribution < -0.4 is 14.5 Å². The summed E-state index contributed by atoms with van der Waals surface area (Å²) in [4.78, 5) is 44.6. The summed E-state index contributed by atoms with van der Waals surface area (Å²) in [6, 6.07) is 12.9. The standard InChI is InChI=1S/C34H43N3O6/c1-24(9-7-12-32(40)36-20-8-10-27(36)23-38)34(42)29-21-28(43-2)17-18-30(29)37(33(34)41)22-25-13-15-26(16-14-25)35-19-6-4-3-5-11-31(35)39/h7,9,13-18,21,24,27,38,42H,3-6,8,10-12,19-20,22-23H2,1-2H3/b9-7+/t24-,27-,34+/m0/s1. The molecule has 2 fully saturated rings. The van der Waals surface area contributed by atoms with Gasteiger partial charge in [0.25, 0.3) is 5.91 Å². The van der Waals surface area contributed by atoms with E-state index in [1.807, 2.05) is 29.2 Å². The van der Waals surface area contributed by atoms with Gasteiger partial charge in [0.05, 0.1) is 32.0 Å². The lowest BCUT2D eigenvalue weighted by Crippen LogP contribution is -2.44. The molecule has 9 heteroatoms. The highest BCUT2D eigenvalue weighted by molar-refractivity contribution is 6.07. The van der Waals surface area contributed by atoms with Crippen LogP contribution in [-0.4, -0.2) is 65.7 Å². The fourth-order valence-electron chi connectivity index (χ4n) is 6.59. The van der Waals surface area contributed by atoms with Gasteiger partial charge in [-0.1, -0.05) is 44.1 Å². The van der Waals surface area contributed by atoms with Gasteiger partial charge >= 0.3 is 0 Å². The molecule has 0 saturated carbocycles. The van der Waals surface area contributed by atoms with E-state index in [0.29, 0.717) is 36.5 Å². The second-order valence-electron chi connectivity index (χ2n) is 11.9. The van der Waals surface area contributed by atoms with Crippen molar-refractivity contribution in [3.8, 4) is 5.75 Å². The van der Waals surface area contributed by atoms with E-state index in [0.717, 1.165) is 49.8 Å². The van der Waals surface area contributed by atoms with Crippen LogP contribution in [0.1, 0.15) is 69.4 Å². The first-order valence-electron chi connectivity index (χ1n) is 15.5. The molecule has 2 N–H and O–H groups in total. The number of amides is 3. The van der Waals surface area contributed by atoms with Crippen LogP contribution in [0.25, 0.3) is 0 Å². The molecule has 3 atom stereocenters. The lowest BCUT2D eigenvalue weighted by atomic mass is 9.83. The Hall–Kier alpha value is -3.69. The maximum atomic E-state index is 14.0. The number of aliphatic hydroxyl groups is 2. The van der Waals surface area contributed by atoms with E-state index in [1.165, 1.54) is 0 Å². The van der Waals surface area contributed by atoms with E-state index in [4.69, 9.17) is 4.74 Å². The third kappa shape index (κ3) is 6.19. The molecule has 2 aromatic carbocycles. The summed E-state index contributed by atoms with van der Waals surface area (Å²) in [6.07, 6.45) is 9.91. The minimum atomic E-state index is -1.85. The molecule has 3 aliphatic heterocycles. The van der Waals surface area contributed by atoms with Crippen LogP contribution in [0.4, 0.5) is 11.4 Å². The number of methoxy groups -OCH3 is 1. The topological polar surface area (TPSA) is 111 Å². The highest BCUT2D eigenvalue weighted by atomic mass is 16.5. The average molecular weight is 590 g/mol. The van der Waals surface area contributed by atoms with Crippen LogP contribution in [0.15, 0.2) is 54.6 Å². The Kier molecular flexibility index (Phi) is 9.52. The smallest absolute Gasteiger partial charge is 0.264 e. The Morgan fingerprint density at radius 3 is 2.58 bits per heavy atom. The van der Waals surface area contributed by atoms with Crippen LogP contribution in [0, 0.1) is 5.92 Å². The number of rotatable bonds is 9. The number of hydrogen-bond donors (Lipinski definition) is 2. The molecule has 3 heterocycles. The van der Waals surface area contributed by atoms with E-state index >= 15 is 0 Å². The van der Waals surface area contributed by atoms with Crippen LogP contribution in [0.2, 0.25) is 0 Å². The lowest BCUT2D eigenvalue weighted by Gasteiger charge is -2.28. The van der Waals surface area contributed by atoms with Gasteiger partial charge in [-0.15, -0.1) is 0 Å². The summed E-state index contributed by atoms with van der Waals surface area (Å²) in [5.41, 5.74) is 0.957. The van der Waals surface area contributed by atoms with Crippen molar-refractivity contribution in [3.63, 3.8) is 0 Å². The van der Waals surface area contributed by atoms with E-state index < -0.39 is 17.4 Å². The number of benzene rings is 2. The zero-order valence-electron chi connectivity index (χ0n) is 25.2. The fraction of sp³-hybridized carbons (Fsp3) is 0.500. The minimum Gasteiger partial charge on any atom is -0.497 e. The van der Waals surface area contributed by atoms with Gasteiger partial charge in [0, 0.05) is 43.1 Å². The molecule has 0 aliphatic carbocycles. The van der Waals surface area contributed by atoms with Gasteiger partial charge in [-0.25, -0.2) is 0 Å². The van der Waals surface area contributed by atoms with Crippen molar-refractivity contribution in [1.82, 2.24) is 4.90 Å². The molecule has 3 aliphatic rings. The molecule has 0 unspecified atom stereocenters. The molecule has 230 valence electrons. The van der Waals surface area contributed by atoms with Crippen molar-refractivity contribution in [1.29, 1.82) is 0 Å².